The molecule has 8 heteroatoms. The van der Waals surface area contributed by atoms with Gasteiger partial charge in [0, 0.05) is 13.1 Å². The van der Waals surface area contributed by atoms with Gasteiger partial charge in [-0.2, -0.15) is 0 Å². The van der Waals surface area contributed by atoms with Gasteiger partial charge in [-0.1, -0.05) is 19.1 Å². The average molecular weight is 294 g/mol. The van der Waals surface area contributed by atoms with Gasteiger partial charge in [0.1, 0.15) is 11.0 Å². The lowest BCUT2D eigenvalue weighted by Gasteiger charge is -2.15. The summed E-state index contributed by atoms with van der Waals surface area (Å²) in [6.07, 6.45) is -4.74. The van der Waals surface area contributed by atoms with Gasteiger partial charge in [-0.15, -0.1) is 0 Å². The molecule has 1 aromatic rings. The molecule has 1 aromatic carbocycles. The minimum atomic E-state index is -3.69. The smallest absolute Gasteiger partial charge is 0.265 e. The standard InChI is InChI=1S/C11H16F2N2O3S/c1-2-15-19(17,18)10-6-4-3-5-8(10)14-7-9(16)11(12)13/h3-6,9,11,14-16H,2,7H2,1H3. The number of sulfonamides is 1. The van der Waals surface area contributed by atoms with Crippen LogP contribution in [0.3, 0.4) is 0 Å². The van der Waals surface area contributed by atoms with Gasteiger partial charge in [-0.3, -0.25) is 0 Å². The predicted molar refractivity (Wildman–Crippen MR) is 67.8 cm³/mol. The van der Waals surface area contributed by atoms with Gasteiger partial charge in [0.05, 0.1) is 5.69 Å². The normalized spacial score (nSPS) is 13.5. The molecule has 108 valence electrons. The first kappa shape index (κ1) is 15.8. The van der Waals surface area contributed by atoms with Crippen molar-refractivity contribution in [3.63, 3.8) is 0 Å². The van der Waals surface area contributed by atoms with Crippen molar-refractivity contribution >= 4 is 15.7 Å². The Hall–Kier alpha value is -1.25. The molecule has 0 bridgehead atoms. The summed E-state index contributed by atoms with van der Waals surface area (Å²) in [6.45, 7) is 1.42. The second kappa shape index (κ2) is 6.78. The fourth-order valence-electron chi connectivity index (χ4n) is 1.42. The van der Waals surface area contributed by atoms with E-state index in [1.165, 1.54) is 18.2 Å². The molecule has 1 unspecified atom stereocenters. The molecule has 5 nitrogen and oxygen atoms in total. The van der Waals surface area contributed by atoms with Crippen molar-refractivity contribution in [1.29, 1.82) is 0 Å². The fourth-order valence-corrected chi connectivity index (χ4v) is 2.64. The van der Waals surface area contributed by atoms with E-state index < -0.39 is 29.1 Å². The molecule has 0 spiro atoms. The maximum absolute atomic E-state index is 12.2. The van der Waals surface area contributed by atoms with E-state index in [1.54, 1.807) is 13.0 Å². The largest absolute Gasteiger partial charge is 0.385 e. The number of hydrogen-bond acceptors (Lipinski definition) is 4. The molecule has 0 saturated heterocycles. The quantitative estimate of drug-likeness (QED) is 0.701. The van der Waals surface area contributed by atoms with Gasteiger partial charge in [0.25, 0.3) is 6.43 Å². The van der Waals surface area contributed by atoms with E-state index in [4.69, 9.17) is 5.11 Å². The van der Waals surface area contributed by atoms with Crippen LogP contribution in [0, 0.1) is 0 Å². The first-order valence-corrected chi connectivity index (χ1v) is 7.15. The molecule has 1 atom stereocenters. The van der Waals surface area contributed by atoms with Crippen LogP contribution in [0.15, 0.2) is 29.2 Å². The summed E-state index contributed by atoms with van der Waals surface area (Å²) < 4.78 is 50.4. The third-order valence-electron chi connectivity index (χ3n) is 2.30. The van der Waals surface area contributed by atoms with E-state index >= 15 is 0 Å². The molecule has 0 aromatic heterocycles. The van der Waals surface area contributed by atoms with Gasteiger partial charge in [-0.25, -0.2) is 21.9 Å². The molecule has 0 heterocycles. The van der Waals surface area contributed by atoms with Crippen molar-refractivity contribution < 1.29 is 22.3 Å². The summed E-state index contributed by atoms with van der Waals surface area (Å²) in [5.74, 6) is 0. The monoisotopic (exact) mass is 294 g/mol. The van der Waals surface area contributed by atoms with Crippen LogP contribution in [-0.4, -0.2) is 39.1 Å². The zero-order valence-corrected chi connectivity index (χ0v) is 11.1. The molecule has 3 N–H and O–H groups in total. The van der Waals surface area contributed by atoms with Gasteiger partial charge >= 0.3 is 0 Å². The zero-order valence-electron chi connectivity index (χ0n) is 10.3. The molecule has 0 saturated carbocycles. The highest BCUT2D eigenvalue weighted by molar-refractivity contribution is 7.89. The molecule has 0 aliphatic carbocycles. The Morgan fingerprint density at radius 2 is 1.95 bits per heavy atom. The van der Waals surface area contributed by atoms with Crippen LogP contribution in [-0.2, 0) is 10.0 Å². The lowest BCUT2D eigenvalue weighted by Crippen LogP contribution is -2.28. The number of alkyl halides is 2. The molecule has 1 rings (SSSR count). The number of hydrogen-bond donors (Lipinski definition) is 3. The number of rotatable bonds is 7. The molecule has 0 fully saturated rings. The number of anilines is 1. The Balaban J connectivity index is 2.91. The van der Waals surface area contributed by atoms with Crippen LogP contribution >= 0.6 is 0 Å². The molecular weight excluding hydrogens is 278 g/mol. The van der Waals surface area contributed by atoms with Gasteiger partial charge in [0.2, 0.25) is 10.0 Å². The second-order valence-corrected chi connectivity index (χ2v) is 5.52. The third-order valence-corrected chi connectivity index (χ3v) is 3.91. The summed E-state index contributed by atoms with van der Waals surface area (Å²) in [6, 6.07) is 5.90. The number of halogens is 2. The highest BCUT2D eigenvalue weighted by Gasteiger charge is 2.20. The molecule has 19 heavy (non-hydrogen) atoms. The van der Waals surface area contributed by atoms with E-state index in [0.29, 0.717) is 0 Å². The molecule has 0 amide bonds. The highest BCUT2D eigenvalue weighted by Crippen LogP contribution is 2.20. The number of para-hydroxylation sites is 1. The summed E-state index contributed by atoms with van der Waals surface area (Å²) in [5.41, 5.74) is 0.170. The first-order chi connectivity index (χ1) is 8.88. The minimum absolute atomic E-state index is 0.0432. The minimum Gasteiger partial charge on any atom is -0.385 e. The van der Waals surface area contributed by atoms with Crippen molar-refractivity contribution in [1.82, 2.24) is 4.72 Å². The number of aliphatic hydroxyl groups excluding tert-OH is 1. The summed E-state index contributed by atoms with van der Waals surface area (Å²) in [5, 5.41) is 11.5. The van der Waals surface area contributed by atoms with Crippen LogP contribution in [0.1, 0.15) is 6.92 Å². The fraction of sp³-hybridized carbons (Fsp3) is 0.455. The number of benzene rings is 1. The van der Waals surface area contributed by atoms with Crippen LogP contribution in [0.25, 0.3) is 0 Å². The van der Waals surface area contributed by atoms with Crippen molar-refractivity contribution in [3.05, 3.63) is 24.3 Å². The Kier molecular flexibility index (Phi) is 5.64. The lowest BCUT2D eigenvalue weighted by atomic mass is 10.3. The van der Waals surface area contributed by atoms with E-state index in [0.717, 1.165) is 0 Å². The SMILES string of the molecule is CCNS(=O)(=O)c1ccccc1NCC(O)C(F)F. The van der Waals surface area contributed by atoms with Gasteiger partial charge in [0.15, 0.2) is 0 Å². The average Bonchev–Trinajstić information content (AvgIpc) is 2.36. The molecule has 0 aliphatic heterocycles. The highest BCUT2D eigenvalue weighted by atomic mass is 32.2. The van der Waals surface area contributed by atoms with E-state index in [1.807, 2.05) is 0 Å². The zero-order chi connectivity index (χ0) is 14.5. The Morgan fingerprint density at radius 1 is 1.32 bits per heavy atom. The van der Waals surface area contributed by atoms with Crippen LogP contribution in [0.2, 0.25) is 0 Å². The Labute approximate surface area is 110 Å². The first-order valence-electron chi connectivity index (χ1n) is 5.67. The second-order valence-electron chi connectivity index (χ2n) is 3.78. The lowest BCUT2D eigenvalue weighted by molar-refractivity contribution is 0.00382. The van der Waals surface area contributed by atoms with Crippen molar-refractivity contribution in [2.75, 3.05) is 18.4 Å². The van der Waals surface area contributed by atoms with E-state index in [2.05, 4.69) is 10.0 Å². The maximum atomic E-state index is 12.2. The van der Waals surface area contributed by atoms with Crippen LogP contribution < -0.4 is 10.0 Å². The van der Waals surface area contributed by atoms with Crippen molar-refractivity contribution in [3.8, 4) is 0 Å². The molecule has 0 aliphatic rings. The summed E-state index contributed by atoms with van der Waals surface area (Å²) >= 11 is 0. The van der Waals surface area contributed by atoms with Crippen molar-refractivity contribution in [2.45, 2.75) is 24.3 Å². The van der Waals surface area contributed by atoms with Crippen LogP contribution in [0.4, 0.5) is 14.5 Å². The van der Waals surface area contributed by atoms with E-state index in [9.17, 15) is 17.2 Å². The molecular formula is C11H16F2N2O3S. The summed E-state index contributed by atoms with van der Waals surface area (Å²) in [4.78, 5) is -0.0432. The summed E-state index contributed by atoms with van der Waals surface area (Å²) in [7, 11) is -3.69. The van der Waals surface area contributed by atoms with E-state index in [-0.39, 0.29) is 17.1 Å². The van der Waals surface area contributed by atoms with Gasteiger partial charge < -0.3 is 10.4 Å². The number of aliphatic hydroxyl groups is 1. The maximum Gasteiger partial charge on any atom is 0.265 e. The Morgan fingerprint density at radius 3 is 2.53 bits per heavy atom. The van der Waals surface area contributed by atoms with Crippen molar-refractivity contribution in [2.24, 2.45) is 0 Å². The Bertz CT molecular complexity index is 508. The van der Waals surface area contributed by atoms with Gasteiger partial charge in [-0.05, 0) is 12.1 Å². The number of nitrogens with one attached hydrogen (secondary N) is 2. The molecule has 0 radical (unpaired) electrons. The van der Waals surface area contributed by atoms with Crippen LogP contribution in [0.5, 0.6) is 0 Å². The topological polar surface area (TPSA) is 78.4 Å². The predicted octanol–water partition coefficient (Wildman–Crippen LogP) is 1.02. The third kappa shape index (κ3) is 4.41.